The minimum Gasteiger partial charge on any atom is -0.293 e. The van der Waals surface area contributed by atoms with Crippen molar-refractivity contribution in [1.82, 2.24) is 14.8 Å². The highest BCUT2D eigenvalue weighted by Gasteiger charge is 2.15. The van der Waals surface area contributed by atoms with Gasteiger partial charge in [-0.3, -0.25) is 10.1 Å². The van der Waals surface area contributed by atoms with Crippen molar-refractivity contribution in [1.29, 1.82) is 0 Å². The third-order valence-corrected chi connectivity index (χ3v) is 4.71. The van der Waals surface area contributed by atoms with Crippen molar-refractivity contribution in [3.8, 4) is 0 Å². The monoisotopic (exact) mass is 412 g/mol. The number of benzene rings is 2. The zero-order valence-corrected chi connectivity index (χ0v) is 16.2. The van der Waals surface area contributed by atoms with Crippen LogP contribution in [-0.4, -0.2) is 20.7 Å². The summed E-state index contributed by atoms with van der Waals surface area (Å²) in [7, 11) is 0. The van der Waals surface area contributed by atoms with Gasteiger partial charge in [-0.25, -0.2) is 9.67 Å². The number of nitrogens with zero attached hydrogens (tertiary/aromatic N) is 3. The van der Waals surface area contributed by atoms with Crippen LogP contribution in [0.25, 0.3) is 0 Å². The van der Waals surface area contributed by atoms with Gasteiger partial charge >= 0.3 is 0 Å². The van der Waals surface area contributed by atoms with E-state index in [1.807, 2.05) is 42.5 Å². The van der Waals surface area contributed by atoms with Crippen LogP contribution in [0.1, 0.15) is 36.8 Å². The summed E-state index contributed by atoms with van der Waals surface area (Å²) in [6.45, 7) is 2.69. The van der Waals surface area contributed by atoms with Crippen molar-refractivity contribution in [2.24, 2.45) is 0 Å². The zero-order valence-electron chi connectivity index (χ0n) is 14.6. The van der Waals surface area contributed by atoms with E-state index < -0.39 is 0 Å². The van der Waals surface area contributed by atoms with Crippen molar-refractivity contribution in [2.75, 3.05) is 5.32 Å². The predicted molar refractivity (Wildman–Crippen MR) is 106 cm³/mol. The molecule has 1 N–H and O–H groups in total. The first-order valence-corrected chi connectivity index (χ1v) is 9.42. The van der Waals surface area contributed by atoms with E-state index in [4.69, 9.17) is 0 Å². The van der Waals surface area contributed by atoms with Crippen molar-refractivity contribution in [2.45, 2.75) is 32.2 Å². The van der Waals surface area contributed by atoms with Gasteiger partial charge in [-0.15, -0.1) is 5.10 Å². The minimum absolute atomic E-state index is 0.0686. The summed E-state index contributed by atoms with van der Waals surface area (Å²) in [5, 5.41) is 7.14. The Morgan fingerprint density at radius 2 is 2.00 bits per heavy atom. The summed E-state index contributed by atoms with van der Waals surface area (Å²) < 4.78 is 2.74. The number of rotatable bonds is 7. The summed E-state index contributed by atoms with van der Waals surface area (Å²) in [4.78, 5) is 16.5. The Morgan fingerprint density at radius 3 is 2.73 bits per heavy atom. The lowest BCUT2D eigenvalue weighted by Crippen LogP contribution is -2.16. The van der Waals surface area contributed by atoms with Gasteiger partial charge in [0.2, 0.25) is 11.9 Å². The van der Waals surface area contributed by atoms with Crippen LogP contribution in [0, 0.1) is 0 Å². The second-order valence-corrected chi connectivity index (χ2v) is 7.08. The van der Waals surface area contributed by atoms with E-state index in [0.29, 0.717) is 18.9 Å². The number of amides is 1. The standard InChI is InChI=1S/C20H21BrN4O/c1-2-16(17-8-4-3-5-9-17)12-19(26)23-20-22-14-25(24-20)13-15-7-6-10-18(21)11-15/h3-11,14,16H,2,12-13H2,1H3,(H,23,24,26). The fourth-order valence-corrected chi connectivity index (χ4v) is 3.32. The molecule has 0 saturated heterocycles. The number of carbonyl (C=O) groups is 1. The van der Waals surface area contributed by atoms with Gasteiger partial charge in [0.05, 0.1) is 6.54 Å². The first-order valence-electron chi connectivity index (χ1n) is 8.62. The maximum Gasteiger partial charge on any atom is 0.248 e. The molecule has 3 aromatic rings. The molecule has 3 rings (SSSR count). The molecular formula is C20H21BrN4O. The Morgan fingerprint density at radius 1 is 1.19 bits per heavy atom. The molecule has 2 aromatic carbocycles. The van der Waals surface area contributed by atoms with Gasteiger partial charge in [0, 0.05) is 10.9 Å². The van der Waals surface area contributed by atoms with Gasteiger partial charge in [0.15, 0.2) is 0 Å². The van der Waals surface area contributed by atoms with Crippen LogP contribution in [0.4, 0.5) is 5.95 Å². The van der Waals surface area contributed by atoms with Gasteiger partial charge < -0.3 is 0 Å². The van der Waals surface area contributed by atoms with E-state index in [2.05, 4.69) is 50.4 Å². The molecule has 0 radical (unpaired) electrons. The number of halogens is 1. The molecule has 0 aliphatic heterocycles. The van der Waals surface area contributed by atoms with Gasteiger partial charge in [0.25, 0.3) is 0 Å². The molecule has 1 atom stereocenters. The SMILES string of the molecule is CCC(CC(=O)Nc1ncn(Cc2cccc(Br)c2)n1)c1ccccc1. The molecule has 6 heteroatoms. The molecule has 0 fully saturated rings. The highest BCUT2D eigenvalue weighted by Crippen LogP contribution is 2.23. The lowest BCUT2D eigenvalue weighted by Gasteiger charge is -2.14. The van der Waals surface area contributed by atoms with Crippen molar-refractivity contribution in [3.05, 3.63) is 76.5 Å². The Hall–Kier alpha value is -2.47. The van der Waals surface area contributed by atoms with Crippen LogP contribution in [-0.2, 0) is 11.3 Å². The third kappa shape index (κ3) is 5.02. The molecule has 0 spiro atoms. The molecule has 1 aromatic heterocycles. The summed E-state index contributed by atoms with van der Waals surface area (Å²) in [6.07, 6.45) is 2.95. The smallest absolute Gasteiger partial charge is 0.248 e. The van der Waals surface area contributed by atoms with Crippen LogP contribution in [0.15, 0.2) is 65.4 Å². The number of hydrogen-bond donors (Lipinski definition) is 1. The summed E-state index contributed by atoms with van der Waals surface area (Å²) in [5.74, 6) is 0.466. The molecule has 5 nitrogen and oxygen atoms in total. The van der Waals surface area contributed by atoms with E-state index >= 15 is 0 Å². The molecule has 1 unspecified atom stereocenters. The fraction of sp³-hybridized carbons (Fsp3) is 0.250. The van der Waals surface area contributed by atoms with Crippen LogP contribution >= 0.6 is 15.9 Å². The van der Waals surface area contributed by atoms with Gasteiger partial charge in [-0.2, -0.15) is 0 Å². The average molecular weight is 413 g/mol. The molecule has 1 heterocycles. The van der Waals surface area contributed by atoms with Crippen molar-refractivity contribution >= 4 is 27.8 Å². The van der Waals surface area contributed by atoms with Gasteiger partial charge in [0.1, 0.15) is 6.33 Å². The lowest BCUT2D eigenvalue weighted by atomic mass is 9.93. The Labute approximate surface area is 161 Å². The number of carbonyl (C=O) groups excluding carboxylic acids is 1. The molecule has 0 bridgehead atoms. The Kier molecular flexibility index (Phi) is 6.17. The highest BCUT2D eigenvalue weighted by molar-refractivity contribution is 9.10. The molecular weight excluding hydrogens is 392 g/mol. The second-order valence-electron chi connectivity index (χ2n) is 6.16. The van der Waals surface area contributed by atoms with E-state index in [1.165, 1.54) is 5.56 Å². The first kappa shape index (κ1) is 18.3. The van der Waals surface area contributed by atoms with Crippen molar-refractivity contribution < 1.29 is 4.79 Å². The van der Waals surface area contributed by atoms with Crippen molar-refractivity contribution in [3.63, 3.8) is 0 Å². The topological polar surface area (TPSA) is 59.8 Å². The predicted octanol–water partition coefficient (Wildman–Crippen LogP) is 4.61. The van der Waals surface area contributed by atoms with Gasteiger partial charge in [-0.05, 0) is 35.6 Å². The fourth-order valence-electron chi connectivity index (χ4n) is 2.87. The van der Waals surface area contributed by atoms with Crippen LogP contribution < -0.4 is 5.32 Å². The van der Waals surface area contributed by atoms with Gasteiger partial charge in [-0.1, -0.05) is 65.3 Å². The summed E-state index contributed by atoms with van der Waals surface area (Å²) in [5.41, 5.74) is 2.29. The van der Waals surface area contributed by atoms with E-state index in [-0.39, 0.29) is 11.8 Å². The second kappa shape index (κ2) is 8.76. The van der Waals surface area contributed by atoms with E-state index in [1.54, 1.807) is 11.0 Å². The molecule has 1 amide bonds. The van der Waals surface area contributed by atoms with Crippen LogP contribution in [0.3, 0.4) is 0 Å². The number of aromatic nitrogens is 3. The number of nitrogens with one attached hydrogen (secondary N) is 1. The maximum absolute atomic E-state index is 12.4. The minimum atomic E-state index is -0.0686. The van der Waals surface area contributed by atoms with Crippen LogP contribution in [0.2, 0.25) is 0 Å². The summed E-state index contributed by atoms with van der Waals surface area (Å²) in [6, 6.07) is 18.1. The lowest BCUT2D eigenvalue weighted by molar-refractivity contribution is -0.116. The first-order chi connectivity index (χ1) is 12.6. The molecule has 26 heavy (non-hydrogen) atoms. The highest BCUT2D eigenvalue weighted by atomic mass is 79.9. The summed E-state index contributed by atoms with van der Waals surface area (Å²) >= 11 is 3.46. The third-order valence-electron chi connectivity index (χ3n) is 4.22. The maximum atomic E-state index is 12.4. The normalized spacial score (nSPS) is 11.9. The quantitative estimate of drug-likeness (QED) is 0.615. The molecule has 0 aliphatic carbocycles. The van der Waals surface area contributed by atoms with E-state index in [0.717, 1.165) is 16.5 Å². The van der Waals surface area contributed by atoms with E-state index in [9.17, 15) is 4.79 Å². The molecule has 134 valence electrons. The molecule has 0 aliphatic rings. The Balaban J connectivity index is 1.59. The average Bonchev–Trinajstić information content (AvgIpc) is 3.07. The molecule has 0 saturated carbocycles. The number of hydrogen-bond acceptors (Lipinski definition) is 3. The largest absolute Gasteiger partial charge is 0.293 e. The number of anilines is 1. The van der Waals surface area contributed by atoms with Crippen LogP contribution in [0.5, 0.6) is 0 Å². The Bertz CT molecular complexity index is 863. The zero-order chi connectivity index (χ0) is 18.4.